The molecule has 0 bridgehead atoms. The molecule has 2 N–H and O–H groups in total. The van der Waals surface area contributed by atoms with Crippen molar-refractivity contribution in [2.24, 2.45) is 11.8 Å². The molecule has 1 fully saturated rings. The van der Waals surface area contributed by atoms with E-state index in [4.69, 9.17) is 5.11 Å². The number of carboxylic acid groups (broad SMARTS) is 1. The van der Waals surface area contributed by atoms with Crippen molar-refractivity contribution < 1.29 is 14.7 Å². The molecule has 0 aromatic rings. The minimum Gasteiger partial charge on any atom is -0.481 e. The van der Waals surface area contributed by atoms with Crippen molar-refractivity contribution in [1.82, 2.24) is 5.32 Å². The van der Waals surface area contributed by atoms with Crippen LogP contribution >= 0.6 is 0 Å². The lowest BCUT2D eigenvalue weighted by molar-refractivity contribution is -0.153. The molecule has 1 saturated carbocycles. The van der Waals surface area contributed by atoms with E-state index in [2.05, 4.69) is 12.2 Å². The Labute approximate surface area is 96.4 Å². The fourth-order valence-electron chi connectivity index (χ4n) is 2.22. The number of carbonyl (C=O) groups is 2. The maximum Gasteiger partial charge on any atom is 0.307 e. The maximum absolute atomic E-state index is 11.9. The Bertz CT molecular complexity index is 286. The summed E-state index contributed by atoms with van der Waals surface area (Å²) in [5.41, 5.74) is -0.232. The Morgan fingerprint density at radius 3 is 2.25 bits per heavy atom. The van der Waals surface area contributed by atoms with Crippen LogP contribution in [-0.4, -0.2) is 22.5 Å². The molecule has 92 valence electrons. The van der Waals surface area contributed by atoms with Crippen LogP contribution in [0.1, 0.15) is 46.5 Å². The van der Waals surface area contributed by atoms with Crippen LogP contribution in [0.15, 0.2) is 0 Å². The van der Waals surface area contributed by atoms with Crippen molar-refractivity contribution in [2.45, 2.75) is 52.0 Å². The second-order valence-corrected chi connectivity index (χ2v) is 5.25. The van der Waals surface area contributed by atoms with E-state index in [1.54, 1.807) is 0 Å². The third-order valence-electron chi connectivity index (χ3n) is 3.26. The van der Waals surface area contributed by atoms with E-state index >= 15 is 0 Å². The number of rotatable bonds is 5. The molecule has 4 heteroatoms. The van der Waals surface area contributed by atoms with Crippen LogP contribution in [-0.2, 0) is 9.59 Å². The van der Waals surface area contributed by atoms with Crippen LogP contribution in [0, 0.1) is 11.8 Å². The minimum absolute atomic E-state index is 0.0999. The normalized spacial score (nSPS) is 24.7. The maximum atomic E-state index is 11.9. The monoisotopic (exact) mass is 227 g/mol. The van der Waals surface area contributed by atoms with E-state index < -0.39 is 11.9 Å². The molecule has 1 rings (SSSR count). The Morgan fingerprint density at radius 2 is 1.88 bits per heavy atom. The van der Waals surface area contributed by atoms with Gasteiger partial charge in [0.2, 0.25) is 5.91 Å². The van der Waals surface area contributed by atoms with Crippen molar-refractivity contribution in [2.75, 3.05) is 0 Å². The van der Waals surface area contributed by atoms with Crippen molar-refractivity contribution in [3.8, 4) is 0 Å². The second kappa shape index (κ2) is 4.85. The van der Waals surface area contributed by atoms with Gasteiger partial charge in [0.25, 0.3) is 0 Å². The molecular formula is C12H21NO3. The smallest absolute Gasteiger partial charge is 0.307 e. The number of hydrogen-bond donors (Lipinski definition) is 2. The van der Waals surface area contributed by atoms with Gasteiger partial charge in [-0.2, -0.15) is 0 Å². The molecule has 2 atom stereocenters. The first-order chi connectivity index (χ1) is 7.37. The van der Waals surface area contributed by atoms with Crippen molar-refractivity contribution in [3.05, 3.63) is 0 Å². The first-order valence-electron chi connectivity index (χ1n) is 5.92. The Morgan fingerprint density at radius 1 is 1.31 bits per heavy atom. The average Bonchev–Trinajstić information content (AvgIpc) is 1.97. The van der Waals surface area contributed by atoms with Crippen molar-refractivity contribution >= 4 is 11.9 Å². The van der Waals surface area contributed by atoms with Crippen LogP contribution in [0.5, 0.6) is 0 Å². The van der Waals surface area contributed by atoms with Crippen molar-refractivity contribution in [3.63, 3.8) is 0 Å². The van der Waals surface area contributed by atoms with Gasteiger partial charge >= 0.3 is 5.97 Å². The van der Waals surface area contributed by atoms with Crippen LogP contribution < -0.4 is 5.32 Å². The first kappa shape index (κ1) is 13.0. The predicted molar refractivity (Wildman–Crippen MR) is 61.0 cm³/mol. The van der Waals surface area contributed by atoms with E-state index in [9.17, 15) is 9.59 Å². The molecule has 1 aliphatic rings. The van der Waals surface area contributed by atoms with Crippen LogP contribution in [0.4, 0.5) is 0 Å². The van der Waals surface area contributed by atoms with Gasteiger partial charge in [-0.05, 0) is 33.1 Å². The lowest BCUT2D eigenvalue weighted by atomic mass is 9.73. The summed E-state index contributed by atoms with van der Waals surface area (Å²) in [5.74, 6) is -1.75. The average molecular weight is 227 g/mol. The fourth-order valence-corrected chi connectivity index (χ4v) is 2.22. The SMILES string of the molecule is CCCC(C)(C)NC(=O)C1CCC1C(=O)O. The number of hydrogen-bond acceptors (Lipinski definition) is 2. The van der Waals surface area contributed by atoms with Crippen LogP contribution in [0.3, 0.4) is 0 Å². The predicted octanol–water partition coefficient (Wildman–Crippen LogP) is 1.79. The number of carboxylic acids is 1. The molecular weight excluding hydrogens is 206 g/mol. The van der Waals surface area contributed by atoms with Gasteiger partial charge in [-0.25, -0.2) is 0 Å². The highest BCUT2D eigenvalue weighted by molar-refractivity contribution is 5.86. The van der Waals surface area contributed by atoms with Gasteiger partial charge in [0, 0.05) is 5.54 Å². The lowest BCUT2D eigenvalue weighted by Gasteiger charge is -2.35. The van der Waals surface area contributed by atoms with E-state index in [0.717, 1.165) is 12.8 Å². The fraction of sp³-hybridized carbons (Fsp3) is 0.833. The highest BCUT2D eigenvalue weighted by atomic mass is 16.4. The third-order valence-corrected chi connectivity index (χ3v) is 3.26. The van der Waals surface area contributed by atoms with Crippen LogP contribution in [0.2, 0.25) is 0 Å². The molecule has 0 aromatic carbocycles. The lowest BCUT2D eigenvalue weighted by Crippen LogP contribution is -2.51. The van der Waals surface area contributed by atoms with E-state index in [0.29, 0.717) is 12.8 Å². The van der Waals surface area contributed by atoms with Gasteiger partial charge in [0.1, 0.15) is 0 Å². The summed E-state index contributed by atoms with van der Waals surface area (Å²) in [5, 5.41) is 11.8. The number of nitrogens with one attached hydrogen (secondary N) is 1. The molecule has 0 spiro atoms. The van der Waals surface area contributed by atoms with Crippen molar-refractivity contribution in [1.29, 1.82) is 0 Å². The Balaban J connectivity index is 2.50. The van der Waals surface area contributed by atoms with E-state index in [1.165, 1.54) is 0 Å². The summed E-state index contributed by atoms with van der Waals surface area (Å²) in [4.78, 5) is 22.7. The van der Waals surface area contributed by atoms with Gasteiger partial charge in [-0.1, -0.05) is 13.3 Å². The second-order valence-electron chi connectivity index (χ2n) is 5.25. The van der Waals surface area contributed by atoms with Gasteiger partial charge < -0.3 is 10.4 Å². The molecule has 4 nitrogen and oxygen atoms in total. The molecule has 0 aromatic heterocycles. The highest BCUT2D eigenvalue weighted by Gasteiger charge is 2.42. The summed E-state index contributed by atoms with van der Waals surface area (Å²) in [6, 6.07) is 0. The summed E-state index contributed by atoms with van der Waals surface area (Å²) in [7, 11) is 0. The Hall–Kier alpha value is -1.06. The largest absolute Gasteiger partial charge is 0.481 e. The third kappa shape index (κ3) is 2.97. The zero-order valence-corrected chi connectivity index (χ0v) is 10.2. The number of amides is 1. The van der Waals surface area contributed by atoms with E-state index in [1.807, 2.05) is 13.8 Å². The molecule has 2 unspecified atom stereocenters. The highest BCUT2D eigenvalue weighted by Crippen LogP contribution is 2.35. The molecule has 0 aliphatic heterocycles. The summed E-state index contributed by atoms with van der Waals surface area (Å²) < 4.78 is 0. The summed E-state index contributed by atoms with van der Waals surface area (Å²) in [6.07, 6.45) is 3.23. The van der Waals surface area contributed by atoms with Gasteiger partial charge in [-0.3, -0.25) is 9.59 Å². The molecule has 0 heterocycles. The molecule has 1 aliphatic carbocycles. The standard InChI is InChI=1S/C12H21NO3/c1-4-7-12(2,3)13-10(14)8-5-6-9(8)11(15)16/h8-9H,4-7H2,1-3H3,(H,13,14)(H,15,16). The quantitative estimate of drug-likeness (QED) is 0.752. The Kier molecular flexibility index (Phi) is 3.94. The summed E-state index contributed by atoms with van der Waals surface area (Å²) in [6.45, 7) is 6.02. The zero-order chi connectivity index (χ0) is 12.3. The number of aliphatic carboxylic acids is 1. The first-order valence-corrected chi connectivity index (χ1v) is 5.92. The zero-order valence-electron chi connectivity index (χ0n) is 10.2. The molecule has 1 amide bonds. The summed E-state index contributed by atoms with van der Waals surface area (Å²) >= 11 is 0. The van der Waals surface area contributed by atoms with E-state index in [-0.39, 0.29) is 17.4 Å². The molecule has 16 heavy (non-hydrogen) atoms. The number of carbonyl (C=O) groups excluding carboxylic acids is 1. The topological polar surface area (TPSA) is 66.4 Å². The minimum atomic E-state index is -0.848. The van der Waals surface area contributed by atoms with Gasteiger partial charge in [-0.15, -0.1) is 0 Å². The molecule has 0 radical (unpaired) electrons. The van der Waals surface area contributed by atoms with Crippen LogP contribution in [0.25, 0.3) is 0 Å². The molecule has 0 saturated heterocycles. The van der Waals surface area contributed by atoms with Gasteiger partial charge in [0.05, 0.1) is 11.8 Å². The van der Waals surface area contributed by atoms with Gasteiger partial charge in [0.15, 0.2) is 0 Å².